The van der Waals surface area contributed by atoms with Gasteiger partial charge in [0.1, 0.15) is 0 Å². The monoisotopic (exact) mass is 300 g/mol. The molecular weight excluding hydrogens is 294 g/mol. The Morgan fingerprint density at radius 2 is 1.11 bits per heavy atom. The average Bonchev–Trinajstić information content (AvgIpc) is 2.27. The quantitative estimate of drug-likeness (QED) is 0.412. The van der Waals surface area contributed by atoms with E-state index in [0.717, 1.165) is 5.39 Å². The molecule has 2 aromatic carbocycles. The van der Waals surface area contributed by atoms with Crippen LogP contribution in [0.1, 0.15) is 0 Å². The van der Waals surface area contributed by atoms with Gasteiger partial charge in [0.15, 0.2) is 0 Å². The van der Waals surface area contributed by atoms with Crippen LogP contribution in [0.15, 0.2) is 46.2 Å². The second kappa shape index (κ2) is 8.26. The molecule has 0 fully saturated rings. The summed E-state index contributed by atoms with van der Waals surface area (Å²) < 4.78 is 43.0. The Balaban J connectivity index is 0.00000144. The van der Waals surface area contributed by atoms with Gasteiger partial charge in [-0.3, -0.25) is 8.42 Å². The third kappa shape index (κ3) is 4.49. The van der Waals surface area contributed by atoms with Gasteiger partial charge in [0.25, 0.3) is 0 Å². The molecule has 0 amide bonds. The summed E-state index contributed by atoms with van der Waals surface area (Å²) >= 11 is -4.61. The molecule has 0 aliphatic carbocycles. The largest absolute Gasteiger partial charge is 1.00 e. The van der Waals surface area contributed by atoms with Gasteiger partial charge in [-0.25, -0.2) is 0 Å². The van der Waals surface area contributed by atoms with Crippen molar-refractivity contribution in [2.45, 2.75) is 9.79 Å². The predicted molar refractivity (Wildman–Crippen MR) is 58.3 cm³/mol. The van der Waals surface area contributed by atoms with Gasteiger partial charge in [-0.05, 0) is 57.2 Å². The van der Waals surface area contributed by atoms with Crippen LogP contribution in [0.5, 0.6) is 0 Å². The Kier molecular flexibility index (Phi) is 8.68. The number of hydrogen-bond acceptors (Lipinski definition) is 4. The molecule has 2 rings (SSSR count). The first-order valence-corrected chi connectivity index (χ1v) is 6.45. The molecule has 2 aromatic rings. The Morgan fingerprint density at radius 3 is 1.44 bits per heavy atom. The maximum absolute atomic E-state index is 10.7. The van der Waals surface area contributed by atoms with Gasteiger partial charge in [0, 0.05) is 9.79 Å². The van der Waals surface area contributed by atoms with E-state index in [2.05, 4.69) is 0 Å². The standard InChI is InChI=1S/C10H8O4S2.2Na/c11-15(12)9-3-1-7-2-4-10(16(13)14)6-8(7)5-9;;/h1-6H,(H,11,12)(H,13,14);;/q;2*+1/p-2. The molecule has 84 valence electrons. The summed E-state index contributed by atoms with van der Waals surface area (Å²) in [5.41, 5.74) is 0. The zero-order valence-corrected chi connectivity index (χ0v) is 15.5. The van der Waals surface area contributed by atoms with Gasteiger partial charge in [-0.2, -0.15) is 0 Å². The molecule has 0 heterocycles. The molecule has 0 aromatic heterocycles. The number of fused-ring (bicyclic) bond motifs is 1. The van der Waals surface area contributed by atoms with Crippen LogP contribution in [-0.4, -0.2) is 17.5 Å². The molecule has 2 unspecified atom stereocenters. The maximum Gasteiger partial charge on any atom is 1.00 e. The summed E-state index contributed by atoms with van der Waals surface area (Å²) in [6, 6.07) is 9.10. The number of rotatable bonds is 2. The molecule has 18 heavy (non-hydrogen) atoms. The molecule has 8 heteroatoms. The first-order valence-electron chi connectivity index (χ1n) is 4.30. The minimum absolute atomic E-state index is 0. The Bertz CT molecular complexity index is 555. The minimum Gasteiger partial charge on any atom is -0.768 e. The SMILES string of the molecule is O=S([O-])c1ccc2ccc(S(=O)[O-])cc2c1.[Na+].[Na+]. The van der Waals surface area contributed by atoms with Crippen LogP contribution in [0.25, 0.3) is 10.8 Å². The molecule has 0 radical (unpaired) electrons. The minimum atomic E-state index is -2.31. The second-order valence-electron chi connectivity index (χ2n) is 3.14. The van der Waals surface area contributed by atoms with Crippen molar-refractivity contribution in [1.82, 2.24) is 0 Å². The van der Waals surface area contributed by atoms with E-state index < -0.39 is 22.2 Å². The van der Waals surface area contributed by atoms with E-state index in [1.54, 1.807) is 12.1 Å². The van der Waals surface area contributed by atoms with Gasteiger partial charge in [0.2, 0.25) is 0 Å². The molecule has 0 aliphatic heterocycles. The number of benzene rings is 2. The fraction of sp³-hybridized carbons (Fsp3) is 0. The summed E-state index contributed by atoms with van der Waals surface area (Å²) in [4.78, 5) is 0.280. The molecule has 2 atom stereocenters. The molecule has 0 aliphatic rings. The fourth-order valence-corrected chi connectivity index (χ4v) is 2.21. The zero-order chi connectivity index (χ0) is 11.7. The summed E-state index contributed by atoms with van der Waals surface area (Å²) in [7, 11) is 0. The molecule has 0 bridgehead atoms. The Morgan fingerprint density at radius 1 is 0.722 bits per heavy atom. The third-order valence-corrected chi connectivity index (χ3v) is 3.45. The summed E-state index contributed by atoms with van der Waals surface area (Å²) in [5.74, 6) is 0. The molecule has 0 saturated carbocycles. The van der Waals surface area contributed by atoms with Gasteiger partial charge in [-0.15, -0.1) is 0 Å². The van der Waals surface area contributed by atoms with Crippen LogP contribution in [0.3, 0.4) is 0 Å². The first kappa shape index (κ1) is 18.9. The van der Waals surface area contributed by atoms with Crippen molar-refractivity contribution in [2.75, 3.05) is 0 Å². The van der Waals surface area contributed by atoms with E-state index in [-0.39, 0.29) is 68.9 Å². The summed E-state index contributed by atoms with van der Waals surface area (Å²) in [6.45, 7) is 0. The second-order valence-corrected chi connectivity index (χ2v) is 5.02. The van der Waals surface area contributed by atoms with Gasteiger partial charge < -0.3 is 9.11 Å². The van der Waals surface area contributed by atoms with Gasteiger partial charge >= 0.3 is 59.1 Å². The average molecular weight is 300 g/mol. The van der Waals surface area contributed by atoms with Crippen molar-refractivity contribution in [3.63, 3.8) is 0 Å². The third-order valence-electron chi connectivity index (χ3n) is 2.17. The van der Waals surface area contributed by atoms with E-state index in [9.17, 15) is 17.5 Å². The van der Waals surface area contributed by atoms with Crippen molar-refractivity contribution in [3.05, 3.63) is 36.4 Å². The molecule has 0 N–H and O–H groups in total. The zero-order valence-electron chi connectivity index (χ0n) is 9.91. The number of hydrogen-bond donors (Lipinski definition) is 0. The van der Waals surface area contributed by atoms with Crippen LogP contribution in [0, 0.1) is 0 Å². The maximum atomic E-state index is 10.7. The fourth-order valence-electron chi connectivity index (χ4n) is 1.41. The topological polar surface area (TPSA) is 80.3 Å². The Labute approximate surface area is 154 Å². The van der Waals surface area contributed by atoms with Crippen LogP contribution in [0.4, 0.5) is 0 Å². The van der Waals surface area contributed by atoms with E-state index in [0.29, 0.717) is 5.39 Å². The summed E-state index contributed by atoms with van der Waals surface area (Å²) in [6.07, 6.45) is 0. The van der Waals surface area contributed by atoms with E-state index >= 15 is 0 Å². The van der Waals surface area contributed by atoms with Crippen molar-refractivity contribution in [3.8, 4) is 0 Å². The normalized spacial score (nSPS) is 13.2. The van der Waals surface area contributed by atoms with Crippen molar-refractivity contribution in [2.24, 2.45) is 0 Å². The Hall–Kier alpha value is 0.920. The molecule has 0 spiro atoms. The van der Waals surface area contributed by atoms with Crippen molar-refractivity contribution < 1.29 is 76.6 Å². The van der Waals surface area contributed by atoms with Crippen molar-refractivity contribution >= 4 is 32.9 Å². The smallest absolute Gasteiger partial charge is 0.768 e. The van der Waals surface area contributed by atoms with Crippen LogP contribution in [0.2, 0.25) is 0 Å². The summed E-state index contributed by atoms with van der Waals surface area (Å²) in [5, 5.41) is 1.38. The van der Waals surface area contributed by atoms with Gasteiger partial charge in [0.05, 0.1) is 0 Å². The molecular formula is C10H6Na2O4S2. The molecule has 4 nitrogen and oxygen atoms in total. The predicted octanol–water partition coefficient (Wildman–Crippen LogP) is -4.68. The van der Waals surface area contributed by atoms with E-state index in [1.165, 1.54) is 24.3 Å². The van der Waals surface area contributed by atoms with E-state index in [4.69, 9.17) is 0 Å². The first-order chi connectivity index (χ1) is 7.58. The van der Waals surface area contributed by atoms with Gasteiger partial charge in [-0.1, -0.05) is 12.1 Å². The van der Waals surface area contributed by atoms with Crippen LogP contribution < -0.4 is 59.1 Å². The van der Waals surface area contributed by atoms with Crippen molar-refractivity contribution in [1.29, 1.82) is 0 Å². The van der Waals surface area contributed by atoms with Crippen LogP contribution >= 0.6 is 0 Å². The van der Waals surface area contributed by atoms with Crippen LogP contribution in [-0.2, 0) is 22.2 Å². The molecule has 0 saturated heterocycles. The van der Waals surface area contributed by atoms with E-state index in [1.807, 2.05) is 0 Å².